The Hall–Kier alpha value is -2.74. The van der Waals surface area contributed by atoms with E-state index in [-0.39, 0.29) is 0 Å². The zero-order valence-corrected chi connectivity index (χ0v) is 15.4. The van der Waals surface area contributed by atoms with Crippen LogP contribution in [0.2, 0.25) is 0 Å². The summed E-state index contributed by atoms with van der Waals surface area (Å²) >= 11 is 0. The molecule has 0 saturated heterocycles. The molecular weight excluding hydrogens is 316 g/mol. The van der Waals surface area contributed by atoms with Gasteiger partial charge in [0.05, 0.1) is 18.0 Å². The smallest absolute Gasteiger partial charge is 0.232 e. The molecule has 0 unspecified atom stereocenters. The Morgan fingerprint density at radius 2 is 1.69 bits per heavy atom. The van der Waals surface area contributed by atoms with Crippen LogP contribution in [0.1, 0.15) is 29.5 Å². The molecule has 0 spiro atoms. The fourth-order valence-electron chi connectivity index (χ4n) is 4.44. The Morgan fingerprint density at radius 3 is 2.62 bits per heavy atom. The summed E-state index contributed by atoms with van der Waals surface area (Å²) in [4.78, 5) is 5.21. The van der Waals surface area contributed by atoms with Gasteiger partial charge >= 0.3 is 5.82 Å². The zero-order valence-electron chi connectivity index (χ0n) is 15.4. The molecular formula is C24H23N2+. The second kappa shape index (κ2) is 5.91. The standard InChI is InChI=1S/C24H23N2/c1-16-11-12-17-7-3-5-9-20(17)22(16)24-25-23-19(15-26(24)2)14-13-18-8-4-6-10-21(18)23/h4,6,8,10-15H,3,5,7,9H2,1-2H3/q+1. The van der Waals surface area contributed by atoms with E-state index in [4.69, 9.17) is 4.98 Å². The summed E-state index contributed by atoms with van der Waals surface area (Å²) in [6.07, 6.45) is 7.18. The topological polar surface area (TPSA) is 16.8 Å². The van der Waals surface area contributed by atoms with E-state index in [1.165, 1.54) is 64.1 Å². The Bertz CT molecular complexity index is 1160. The first-order valence-corrected chi connectivity index (χ1v) is 9.52. The second-order valence-corrected chi connectivity index (χ2v) is 7.50. The Labute approximate surface area is 154 Å². The van der Waals surface area contributed by atoms with Gasteiger partial charge in [0.2, 0.25) is 0 Å². The van der Waals surface area contributed by atoms with Crippen molar-refractivity contribution < 1.29 is 4.57 Å². The summed E-state index contributed by atoms with van der Waals surface area (Å²) in [5.41, 5.74) is 6.80. The van der Waals surface area contributed by atoms with Crippen molar-refractivity contribution in [2.75, 3.05) is 0 Å². The normalized spacial score (nSPS) is 13.9. The number of aromatic nitrogens is 2. The summed E-state index contributed by atoms with van der Waals surface area (Å²) in [6, 6.07) is 17.5. The third-order valence-corrected chi connectivity index (χ3v) is 5.78. The van der Waals surface area contributed by atoms with E-state index in [0.717, 1.165) is 11.3 Å². The van der Waals surface area contributed by atoms with Crippen LogP contribution in [-0.4, -0.2) is 4.98 Å². The van der Waals surface area contributed by atoms with Gasteiger partial charge in [-0.15, -0.1) is 0 Å². The van der Waals surface area contributed by atoms with Crippen molar-refractivity contribution in [2.45, 2.75) is 32.6 Å². The minimum absolute atomic E-state index is 1.09. The average Bonchev–Trinajstić information content (AvgIpc) is 2.68. The number of hydrogen-bond donors (Lipinski definition) is 0. The highest BCUT2D eigenvalue weighted by Crippen LogP contribution is 2.33. The number of benzene rings is 3. The minimum atomic E-state index is 1.09. The first-order chi connectivity index (χ1) is 12.7. The van der Waals surface area contributed by atoms with Crippen LogP contribution in [0.15, 0.2) is 54.7 Å². The van der Waals surface area contributed by atoms with Crippen LogP contribution in [0.3, 0.4) is 0 Å². The van der Waals surface area contributed by atoms with Gasteiger partial charge in [-0.25, -0.2) is 4.57 Å². The maximum atomic E-state index is 5.21. The molecule has 4 aromatic rings. The van der Waals surface area contributed by atoms with Crippen LogP contribution >= 0.6 is 0 Å². The van der Waals surface area contributed by atoms with Crippen molar-refractivity contribution in [3.05, 3.63) is 71.4 Å². The third-order valence-electron chi connectivity index (χ3n) is 5.78. The van der Waals surface area contributed by atoms with Gasteiger partial charge in [0.25, 0.3) is 0 Å². The highest BCUT2D eigenvalue weighted by atomic mass is 15.0. The van der Waals surface area contributed by atoms with Gasteiger partial charge in [-0.1, -0.05) is 36.4 Å². The predicted octanol–water partition coefficient (Wildman–Crippen LogP) is 5.07. The van der Waals surface area contributed by atoms with Gasteiger partial charge < -0.3 is 0 Å². The van der Waals surface area contributed by atoms with Gasteiger partial charge in [-0.05, 0) is 71.8 Å². The first kappa shape index (κ1) is 15.5. The van der Waals surface area contributed by atoms with E-state index in [0.29, 0.717) is 0 Å². The molecule has 0 amide bonds. The van der Waals surface area contributed by atoms with Crippen molar-refractivity contribution in [2.24, 2.45) is 7.05 Å². The van der Waals surface area contributed by atoms with Crippen molar-refractivity contribution in [3.8, 4) is 11.4 Å². The van der Waals surface area contributed by atoms with Crippen molar-refractivity contribution in [1.29, 1.82) is 0 Å². The van der Waals surface area contributed by atoms with Crippen LogP contribution in [0.25, 0.3) is 33.1 Å². The number of nitrogens with zero attached hydrogens (tertiary/aromatic N) is 2. The molecule has 26 heavy (non-hydrogen) atoms. The number of hydrogen-bond acceptors (Lipinski definition) is 1. The highest BCUT2D eigenvalue weighted by molar-refractivity contribution is 6.05. The minimum Gasteiger partial charge on any atom is -0.232 e. The molecule has 1 aliphatic rings. The van der Waals surface area contributed by atoms with Crippen LogP contribution in [0.5, 0.6) is 0 Å². The zero-order chi connectivity index (χ0) is 17.7. The van der Waals surface area contributed by atoms with Gasteiger partial charge in [0.1, 0.15) is 6.20 Å². The molecule has 5 rings (SSSR count). The van der Waals surface area contributed by atoms with Crippen LogP contribution < -0.4 is 4.57 Å². The van der Waals surface area contributed by atoms with Crippen LogP contribution in [0, 0.1) is 6.92 Å². The molecule has 1 heterocycles. The maximum Gasteiger partial charge on any atom is 0.331 e. The van der Waals surface area contributed by atoms with Gasteiger partial charge in [0.15, 0.2) is 5.52 Å². The van der Waals surface area contributed by atoms with Crippen LogP contribution in [0.4, 0.5) is 0 Å². The van der Waals surface area contributed by atoms with Gasteiger partial charge in [-0.2, -0.15) is 0 Å². The lowest BCUT2D eigenvalue weighted by Gasteiger charge is -2.19. The molecule has 0 saturated carbocycles. The Morgan fingerprint density at radius 1 is 0.885 bits per heavy atom. The number of aryl methyl sites for hydroxylation is 3. The molecule has 3 aromatic carbocycles. The van der Waals surface area contributed by atoms with E-state index >= 15 is 0 Å². The summed E-state index contributed by atoms with van der Waals surface area (Å²) in [5, 5.41) is 3.67. The molecule has 0 fully saturated rings. The lowest BCUT2D eigenvalue weighted by atomic mass is 9.86. The quantitative estimate of drug-likeness (QED) is 0.350. The molecule has 0 atom stereocenters. The summed E-state index contributed by atoms with van der Waals surface area (Å²) in [7, 11) is 2.12. The predicted molar refractivity (Wildman–Crippen MR) is 107 cm³/mol. The Kier molecular flexibility index (Phi) is 3.53. The molecule has 0 aliphatic heterocycles. The SMILES string of the molecule is Cc1ccc2c(c1-c1nc3c(ccc4ccccc43)c[n+]1C)CCCC2. The second-order valence-electron chi connectivity index (χ2n) is 7.50. The first-order valence-electron chi connectivity index (χ1n) is 9.52. The Balaban J connectivity index is 1.85. The fourth-order valence-corrected chi connectivity index (χ4v) is 4.44. The monoisotopic (exact) mass is 339 g/mol. The third kappa shape index (κ3) is 2.33. The van der Waals surface area contributed by atoms with Crippen molar-refractivity contribution in [3.63, 3.8) is 0 Å². The summed E-state index contributed by atoms with van der Waals surface area (Å²) < 4.78 is 2.20. The molecule has 0 radical (unpaired) electrons. The highest BCUT2D eigenvalue weighted by Gasteiger charge is 2.24. The molecule has 0 bridgehead atoms. The van der Waals surface area contributed by atoms with Crippen molar-refractivity contribution in [1.82, 2.24) is 4.98 Å². The number of rotatable bonds is 1. The largest absolute Gasteiger partial charge is 0.331 e. The molecule has 128 valence electrons. The molecule has 1 aromatic heterocycles. The average molecular weight is 339 g/mol. The van der Waals surface area contributed by atoms with E-state index in [9.17, 15) is 0 Å². The number of fused-ring (bicyclic) bond motifs is 4. The van der Waals surface area contributed by atoms with E-state index < -0.39 is 0 Å². The van der Waals surface area contributed by atoms with Crippen molar-refractivity contribution >= 4 is 21.7 Å². The fraction of sp³-hybridized carbons (Fsp3) is 0.250. The van der Waals surface area contributed by atoms with Gasteiger partial charge in [0, 0.05) is 5.39 Å². The van der Waals surface area contributed by atoms with Gasteiger partial charge in [-0.3, -0.25) is 0 Å². The van der Waals surface area contributed by atoms with E-state index in [1.807, 2.05) is 0 Å². The summed E-state index contributed by atoms with van der Waals surface area (Å²) in [6.45, 7) is 2.22. The van der Waals surface area contributed by atoms with E-state index in [1.54, 1.807) is 0 Å². The molecule has 2 nitrogen and oxygen atoms in total. The lowest BCUT2D eigenvalue weighted by Crippen LogP contribution is -2.32. The maximum absolute atomic E-state index is 5.21. The molecule has 2 heteroatoms. The lowest BCUT2D eigenvalue weighted by molar-refractivity contribution is -0.661. The molecule has 1 aliphatic carbocycles. The van der Waals surface area contributed by atoms with Crippen LogP contribution in [-0.2, 0) is 19.9 Å². The molecule has 0 N–H and O–H groups in total. The summed E-state index contributed by atoms with van der Waals surface area (Å²) in [5.74, 6) is 1.09. The van der Waals surface area contributed by atoms with E-state index in [2.05, 4.69) is 73.3 Å².